The lowest BCUT2D eigenvalue weighted by Gasteiger charge is -2.28. The van der Waals surface area contributed by atoms with E-state index in [9.17, 15) is 8.42 Å². The molecule has 1 aromatic carbocycles. The average Bonchev–Trinajstić information content (AvgIpc) is 3.25. The molecule has 1 saturated heterocycles. The number of aromatic nitrogens is 2. The zero-order valence-electron chi connectivity index (χ0n) is 16.9. The number of thiocarbonyl (C=S) groups is 1. The minimum Gasteiger partial charge on any atom is -0.353 e. The number of nitrogens with zero attached hydrogens (tertiary/aromatic N) is 3. The van der Waals surface area contributed by atoms with Gasteiger partial charge in [0.15, 0.2) is 5.11 Å². The molecular formula is C21H23N5O2S2. The SMILES string of the molecule is Cc1cc(N2C(=S)N[C@@H](c3ccccn3)[C@H]2c2cccn2C)ccc1NS(C)(=O)=O. The number of rotatable bonds is 5. The molecule has 0 unspecified atom stereocenters. The van der Waals surface area contributed by atoms with Gasteiger partial charge in [0.25, 0.3) is 0 Å². The van der Waals surface area contributed by atoms with Gasteiger partial charge in [0.05, 0.1) is 23.7 Å². The first-order valence-electron chi connectivity index (χ1n) is 9.45. The quantitative estimate of drug-likeness (QED) is 0.592. The fraction of sp³-hybridized carbons (Fsp3) is 0.238. The lowest BCUT2D eigenvalue weighted by Crippen LogP contribution is -2.30. The number of hydrogen-bond donors (Lipinski definition) is 2. The van der Waals surface area contributed by atoms with E-state index in [4.69, 9.17) is 12.2 Å². The number of benzene rings is 1. The Balaban J connectivity index is 1.79. The molecule has 2 aromatic heterocycles. The van der Waals surface area contributed by atoms with Crippen molar-refractivity contribution >= 4 is 38.7 Å². The van der Waals surface area contributed by atoms with Crippen LogP contribution in [0.3, 0.4) is 0 Å². The molecule has 4 rings (SSSR count). The molecule has 2 N–H and O–H groups in total. The highest BCUT2D eigenvalue weighted by Crippen LogP contribution is 2.42. The van der Waals surface area contributed by atoms with E-state index < -0.39 is 10.0 Å². The summed E-state index contributed by atoms with van der Waals surface area (Å²) < 4.78 is 27.9. The molecule has 0 bridgehead atoms. The summed E-state index contributed by atoms with van der Waals surface area (Å²) >= 11 is 5.72. The van der Waals surface area contributed by atoms with E-state index in [0.717, 1.165) is 28.9 Å². The zero-order valence-corrected chi connectivity index (χ0v) is 18.5. The van der Waals surface area contributed by atoms with Gasteiger partial charge in [0.2, 0.25) is 10.0 Å². The van der Waals surface area contributed by atoms with Gasteiger partial charge in [0, 0.05) is 30.8 Å². The average molecular weight is 442 g/mol. The van der Waals surface area contributed by atoms with Crippen LogP contribution in [0.25, 0.3) is 0 Å². The predicted molar refractivity (Wildman–Crippen MR) is 123 cm³/mol. The summed E-state index contributed by atoms with van der Waals surface area (Å²) in [5.74, 6) is 0. The van der Waals surface area contributed by atoms with Crippen molar-refractivity contribution in [2.75, 3.05) is 15.9 Å². The first kappa shape index (κ1) is 20.4. The van der Waals surface area contributed by atoms with E-state index in [-0.39, 0.29) is 12.1 Å². The molecule has 3 aromatic rings. The molecule has 1 aliphatic heterocycles. The molecular weight excluding hydrogens is 418 g/mol. The van der Waals surface area contributed by atoms with Crippen molar-refractivity contribution in [2.45, 2.75) is 19.0 Å². The van der Waals surface area contributed by atoms with Gasteiger partial charge in [0.1, 0.15) is 6.04 Å². The van der Waals surface area contributed by atoms with Crippen LogP contribution in [0, 0.1) is 6.92 Å². The van der Waals surface area contributed by atoms with Crippen LogP contribution in [0.15, 0.2) is 60.9 Å². The van der Waals surface area contributed by atoms with Gasteiger partial charge in [-0.3, -0.25) is 9.71 Å². The lowest BCUT2D eigenvalue weighted by molar-refractivity contribution is 0.541. The Morgan fingerprint density at radius 1 is 1.17 bits per heavy atom. The van der Waals surface area contributed by atoms with Crippen molar-refractivity contribution in [1.29, 1.82) is 0 Å². The molecule has 2 atom stereocenters. The minimum absolute atomic E-state index is 0.111. The summed E-state index contributed by atoms with van der Waals surface area (Å²) in [5.41, 5.74) is 4.24. The molecule has 1 fully saturated rings. The van der Waals surface area contributed by atoms with Gasteiger partial charge in [-0.25, -0.2) is 8.42 Å². The van der Waals surface area contributed by atoms with Crippen molar-refractivity contribution < 1.29 is 8.42 Å². The molecule has 1 aliphatic rings. The molecule has 7 nitrogen and oxygen atoms in total. The van der Waals surface area contributed by atoms with Crippen LogP contribution in [0.4, 0.5) is 11.4 Å². The Hall–Kier alpha value is -2.91. The summed E-state index contributed by atoms with van der Waals surface area (Å²) in [7, 11) is -1.34. The number of anilines is 2. The largest absolute Gasteiger partial charge is 0.353 e. The Bertz CT molecular complexity index is 1190. The predicted octanol–water partition coefficient (Wildman–Crippen LogP) is 3.28. The highest BCUT2D eigenvalue weighted by molar-refractivity contribution is 7.92. The fourth-order valence-electron chi connectivity index (χ4n) is 3.83. The Morgan fingerprint density at radius 3 is 2.57 bits per heavy atom. The van der Waals surface area contributed by atoms with Crippen molar-refractivity contribution in [1.82, 2.24) is 14.9 Å². The molecule has 0 radical (unpaired) electrons. The zero-order chi connectivity index (χ0) is 21.5. The van der Waals surface area contributed by atoms with E-state index in [1.165, 1.54) is 0 Å². The van der Waals surface area contributed by atoms with Crippen LogP contribution in [0.1, 0.15) is 29.0 Å². The van der Waals surface area contributed by atoms with E-state index in [0.29, 0.717) is 10.8 Å². The second kappa shape index (κ2) is 7.73. The summed E-state index contributed by atoms with van der Waals surface area (Å²) in [6.45, 7) is 1.87. The van der Waals surface area contributed by atoms with Gasteiger partial charge in [-0.2, -0.15) is 0 Å². The monoisotopic (exact) mass is 441 g/mol. The van der Waals surface area contributed by atoms with Gasteiger partial charge in [-0.1, -0.05) is 6.07 Å². The van der Waals surface area contributed by atoms with Crippen molar-refractivity contribution in [3.63, 3.8) is 0 Å². The summed E-state index contributed by atoms with van der Waals surface area (Å²) in [6.07, 6.45) is 4.93. The molecule has 0 aliphatic carbocycles. The molecule has 3 heterocycles. The smallest absolute Gasteiger partial charge is 0.229 e. The van der Waals surface area contributed by atoms with Crippen molar-refractivity contribution in [3.05, 3.63) is 77.9 Å². The maximum atomic E-state index is 11.6. The lowest BCUT2D eigenvalue weighted by atomic mass is 10.0. The topological polar surface area (TPSA) is 79.3 Å². The number of pyridine rings is 1. The van der Waals surface area contributed by atoms with Crippen LogP contribution in [0.5, 0.6) is 0 Å². The first-order chi connectivity index (χ1) is 14.2. The Kier molecular flexibility index (Phi) is 5.25. The third kappa shape index (κ3) is 3.90. The highest BCUT2D eigenvalue weighted by atomic mass is 32.2. The van der Waals surface area contributed by atoms with E-state index in [2.05, 4.69) is 30.6 Å². The molecule has 0 saturated carbocycles. The van der Waals surface area contributed by atoms with E-state index in [1.54, 1.807) is 12.3 Å². The van der Waals surface area contributed by atoms with Crippen LogP contribution >= 0.6 is 12.2 Å². The highest BCUT2D eigenvalue weighted by Gasteiger charge is 2.41. The second-order valence-corrected chi connectivity index (χ2v) is 9.55. The maximum Gasteiger partial charge on any atom is 0.229 e. The Morgan fingerprint density at radius 2 is 1.97 bits per heavy atom. The van der Waals surface area contributed by atoms with Gasteiger partial charge in [-0.15, -0.1) is 0 Å². The van der Waals surface area contributed by atoms with Crippen molar-refractivity contribution in [2.24, 2.45) is 7.05 Å². The normalized spacial score (nSPS) is 19.0. The van der Waals surface area contributed by atoms with Crippen LogP contribution in [-0.2, 0) is 17.1 Å². The molecule has 9 heteroatoms. The molecule has 0 spiro atoms. The minimum atomic E-state index is -3.35. The van der Waals surface area contributed by atoms with Crippen LogP contribution in [0.2, 0.25) is 0 Å². The number of aryl methyl sites for hydroxylation is 2. The summed E-state index contributed by atoms with van der Waals surface area (Å²) in [6, 6.07) is 15.3. The third-order valence-electron chi connectivity index (χ3n) is 5.17. The maximum absolute atomic E-state index is 11.6. The first-order valence-corrected chi connectivity index (χ1v) is 11.7. The molecule has 0 amide bonds. The van der Waals surface area contributed by atoms with E-state index >= 15 is 0 Å². The van der Waals surface area contributed by atoms with Crippen LogP contribution < -0.4 is 14.9 Å². The molecule has 30 heavy (non-hydrogen) atoms. The van der Waals surface area contributed by atoms with Gasteiger partial charge in [-0.05, 0) is 67.2 Å². The number of hydrogen-bond acceptors (Lipinski definition) is 4. The molecule has 156 valence electrons. The van der Waals surface area contributed by atoms with Crippen LogP contribution in [-0.4, -0.2) is 29.3 Å². The second-order valence-electron chi connectivity index (χ2n) is 7.41. The van der Waals surface area contributed by atoms with Gasteiger partial charge < -0.3 is 14.8 Å². The van der Waals surface area contributed by atoms with E-state index in [1.807, 2.05) is 56.6 Å². The fourth-order valence-corrected chi connectivity index (χ4v) is 4.80. The summed E-state index contributed by atoms with van der Waals surface area (Å²) in [4.78, 5) is 6.62. The summed E-state index contributed by atoms with van der Waals surface area (Å²) in [5, 5.41) is 4.02. The van der Waals surface area contributed by atoms with Crippen molar-refractivity contribution in [3.8, 4) is 0 Å². The number of sulfonamides is 1. The number of nitrogens with one attached hydrogen (secondary N) is 2. The standard InChI is InChI=1S/C21H23N5O2S2/c1-14-13-15(9-10-16(14)24-30(3,27)28)26-20(18-8-6-12-25(18)2)19(23-21(26)29)17-7-4-5-11-22-17/h4-13,19-20,24H,1-3H3,(H,23,29)/t19-,20+/m0/s1. The third-order valence-corrected chi connectivity index (χ3v) is 6.07. The Labute approximate surface area is 181 Å². The van der Waals surface area contributed by atoms with Gasteiger partial charge >= 0.3 is 0 Å².